The first-order chi connectivity index (χ1) is 1.41. The maximum absolute atomic E-state index is 7.57. The maximum atomic E-state index is 7.57. The van der Waals surface area contributed by atoms with Gasteiger partial charge in [0.1, 0.15) is 0 Å². The summed E-state index contributed by atoms with van der Waals surface area (Å²) < 4.78 is 0. The summed E-state index contributed by atoms with van der Waals surface area (Å²) in [5.41, 5.74) is 0. The molecule has 0 fully saturated rings. The molecule has 0 spiro atoms. The Morgan fingerprint density at radius 3 is 1.14 bits per heavy atom. The minimum absolute atomic E-state index is 0. The second-order valence-corrected chi connectivity index (χ2v) is 0.316. The zero-order valence-corrected chi connectivity index (χ0v) is 3.87. The Morgan fingerprint density at radius 2 is 1.14 bits per heavy atom. The molecule has 0 rings (SSSR count). The average molecular weight is 114 g/mol. The van der Waals surface area contributed by atoms with E-state index in [0.717, 1.165) is 0 Å². The number of halogens is 3. The standard InChI is InChI=1S/C2H6O.B.3FH/c1-2-3;;;;/h3H,2H2,1H3;;3*1H/q;+3;;;/p-3. The molecule has 0 aliphatic carbocycles. The van der Waals surface area contributed by atoms with Gasteiger partial charge in [-0.05, 0) is 6.92 Å². The van der Waals surface area contributed by atoms with Crippen LogP contribution in [0, 0.1) is 0 Å². The smallest absolute Gasteiger partial charge is 1.00 e. The summed E-state index contributed by atoms with van der Waals surface area (Å²) in [7, 11) is 0. The average Bonchev–Trinajstić information content (AvgIpc) is 0.918. The maximum Gasteiger partial charge on any atom is 3.00 e. The normalized spacial score (nSPS) is 2.57. The molecule has 0 aliphatic heterocycles. The van der Waals surface area contributed by atoms with E-state index >= 15 is 0 Å². The number of aliphatic hydroxyl groups excluding tert-OH is 1. The first kappa shape index (κ1) is 70.0. The summed E-state index contributed by atoms with van der Waals surface area (Å²) in [5, 5.41) is 7.57. The van der Waals surface area contributed by atoms with Crippen molar-refractivity contribution in [2.24, 2.45) is 0 Å². The molecule has 1 N–H and O–H groups in total. The molecule has 0 aliphatic rings. The van der Waals surface area contributed by atoms with Gasteiger partial charge in [0, 0.05) is 6.61 Å². The molecule has 0 radical (unpaired) electrons. The summed E-state index contributed by atoms with van der Waals surface area (Å²) in [4.78, 5) is 0. The molecule has 0 aromatic carbocycles. The van der Waals surface area contributed by atoms with Crippen molar-refractivity contribution in [1.29, 1.82) is 0 Å². The molecule has 0 aromatic rings. The van der Waals surface area contributed by atoms with E-state index in [1.165, 1.54) is 0 Å². The molecule has 0 amide bonds. The monoisotopic (exact) mass is 114 g/mol. The van der Waals surface area contributed by atoms with Crippen LogP contribution in [0.25, 0.3) is 0 Å². The molecule has 44 valence electrons. The predicted octanol–water partition coefficient (Wildman–Crippen LogP) is -9.37. The third-order valence-corrected chi connectivity index (χ3v) is 0. The van der Waals surface area contributed by atoms with Crippen LogP contribution in [0.2, 0.25) is 0 Å². The Hall–Kier alpha value is -0.185. The SMILES string of the molecule is CCO.[B+3].[F-].[F-].[F-]. The molecule has 0 aromatic heterocycles. The molecule has 0 atom stereocenters. The Kier molecular flexibility index (Phi) is 2030. The van der Waals surface area contributed by atoms with Gasteiger partial charge < -0.3 is 19.2 Å². The predicted molar refractivity (Wildman–Crippen MR) is 18.5 cm³/mol. The Labute approximate surface area is 42.4 Å². The summed E-state index contributed by atoms with van der Waals surface area (Å²) >= 11 is 0. The van der Waals surface area contributed by atoms with Crippen LogP contribution in [0.5, 0.6) is 0 Å². The van der Waals surface area contributed by atoms with E-state index in [2.05, 4.69) is 0 Å². The van der Waals surface area contributed by atoms with E-state index in [1.807, 2.05) is 0 Å². The quantitative estimate of drug-likeness (QED) is 0.310. The minimum Gasteiger partial charge on any atom is -1.00 e. The van der Waals surface area contributed by atoms with Gasteiger partial charge in [-0.25, -0.2) is 0 Å². The summed E-state index contributed by atoms with van der Waals surface area (Å²) in [6.45, 7) is 1.93. The topological polar surface area (TPSA) is 20.2 Å². The fourth-order valence-electron chi connectivity index (χ4n) is 0. The van der Waals surface area contributed by atoms with Crippen molar-refractivity contribution in [3.63, 3.8) is 0 Å². The summed E-state index contributed by atoms with van der Waals surface area (Å²) in [6.07, 6.45) is 0. The molecule has 0 unspecified atom stereocenters. The first-order valence-corrected chi connectivity index (χ1v) is 1.02. The molecule has 5 heteroatoms. The second kappa shape index (κ2) is 203. The molecule has 1 nitrogen and oxygen atoms in total. The van der Waals surface area contributed by atoms with Crippen molar-refractivity contribution >= 4 is 8.41 Å². The van der Waals surface area contributed by atoms with Crippen LogP contribution >= 0.6 is 0 Å². The largest absolute Gasteiger partial charge is 3.00 e. The van der Waals surface area contributed by atoms with E-state index in [-0.39, 0.29) is 29.1 Å². The fourth-order valence-corrected chi connectivity index (χ4v) is 0. The third-order valence-electron chi connectivity index (χ3n) is 0. The molecule has 7 heavy (non-hydrogen) atoms. The zero-order chi connectivity index (χ0) is 2.71. The van der Waals surface area contributed by atoms with Gasteiger partial charge in [-0.2, -0.15) is 0 Å². The van der Waals surface area contributed by atoms with E-state index in [1.54, 1.807) is 6.92 Å². The van der Waals surface area contributed by atoms with Gasteiger partial charge in [0.2, 0.25) is 0 Å². The number of aliphatic hydroxyl groups is 1. The van der Waals surface area contributed by atoms with E-state index in [0.29, 0.717) is 0 Å². The van der Waals surface area contributed by atoms with Crippen molar-refractivity contribution in [3.8, 4) is 0 Å². The van der Waals surface area contributed by atoms with Gasteiger partial charge in [-0.1, -0.05) is 0 Å². The summed E-state index contributed by atoms with van der Waals surface area (Å²) in [6, 6.07) is 0. The molecular weight excluding hydrogens is 108 g/mol. The van der Waals surface area contributed by atoms with Gasteiger partial charge in [0.15, 0.2) is 0 Å². The first-order valence-electron chi connectivity index (χ1n) is 1.02. The van der Waals surface area contributed by atoms with Crippen LogP contribution in [0.15, 0.2) is 0 Å². The van der Waals surface area contributed by atoms with Gasteiger partial charge >= 0.3 is 8.41 Å². The van der Waals surface area contributed by atoms with Crippen LogP contribution in [0.4, 0.5) is 0 Å². The number of hydrogen-bond acceptors (Lipinski definition) is 1. The van der Waals surface area contributed by atoms with Gasteiger partial charge in [0.05, 0.1) is 0 Å². The third kappa shape index (κ3) is 2470. The van der Waals surface area contributed by atoms with Crippen LogP contribution in [-0.2, 0) is 0 Å². The van der Waals surface area contributed by atoms with E-state index in [9.17, 15) is 0 Å². The zero-order valence-electron chi connectivity index (χ0n) is 3.87. The molecule has 0 saturated heterocycles. The van der Waals surface area contributed by atoms with Crippen LogP contribution in [-0.4, -0.2) is 20.1 Å². The van der Waals surface area contributed by atoms with Crippen molar-refractivity contribution < 1.29 is 19.2 Å². The number of rotatable bonds is 0. The fraction of sp³-hybridized carbons (Fsp3) is 1.00. The van der Waals surface area contributed by atoms with Crippen molar-refractivity contribution in [2.45, 2.75) is 6.92 Å². The van der Waals surface area contributed by atoms with E-state index < -0.39 is 0 Å². The molecule has 0 heterocycles. The van der Waals surface area contributed by atoms with Gasteiger partial charge in [-0.3, -0.25) is 0 Å². The summed E-state index contributed by atoms with van der Waals surface area (Å²) in [5.74, 6) is 0. The number of hydrogen-bond donors (Lipinski definition) is 1. The van der Waals surface area contributed by atoms with Crippen LogP contribution in [0.3, 0.4) is 0 Å². The molecule has 0 saturated carbocycles. The van der Waals surface area contributed by atoms with E-state index in [4.69, 9.17) is 5.11 Å². The van der Waals surface area contributed by atoms with Crippen molar-refractivity contribution in [1.82, 2.24) is 0 Å². The van der Waals surface area contributed by atoms with Crippen LogP contribution in [0.1, 0.15) is 6.92 Å². The molecular formula is C2H6BF3O. The Balaban J connectivity index is -0.00000000333. The van der Waals surface area contributed by atoms with Crippen LogP contribution < -0.4 is 14.1 Å². The van der Waals surface area contributed by atoms with Crippen molar-refractivity contribution in [3.05, 3.63) is 0 Å². The van der Waals surface area contributed by atoms with Gasteiger partial charge in [0.25, 0.3) is 0 Å². The Morgan fingerprint density at radius 1 is 1.14 bits per heavy atom. The van der Waals surface area contributed by atoms with Crippen molar-refractivity contribution in [2.75, 3.05) is 6.61 Å². The van der Waals surface area contributed by atoms with Gasteiger partial charge in [-0.15, -0.1) is 0 Å². The molecule has 0 bridgehead atoms. The Bertz CT molecular complexity index is 12.9. The second-order valence-electron chi connectivity index (χ2n) is 0.316. The minimum atomic E-state index is 0.